The minimum absolute atomic E-state index is 0.477. The average molecular weight is 174 g/mol. The molecule has 0 aromatic rings. The summed E-state index contributed by atoms with van der Waals surface area (Å²) in [5.41, 5.74) is 7.05. The molecule has 2 aliphatic carbocycles. The van der Waals surface area contributed by atoms with Gasteiger partial charge in [-0.3, -0.25) is 0 Å². The zero-order valence-electron chi connectivity index (χ0n) is 7.48. The third-order valence-electron chi connectivity index (χ3n) is 3.41. The lowest BCUT2D eigenvalue weighted by Gasteiger charge is -2.22. The number of allylic oxidation sites excluding steroid dienone is 2. The first-order valence-electron chi connectivity index (χ1n) is 4.93. The summed E-state index contributed by atoms with van der Waals surface area (Å²) in [6, 6.07) is 1.11. The lowest BCUT2D eigenvalue weighted by Crippen LogP contribution is -2.32. The molecule has 0 aromatic carbocycles. The van der Waals surface area contributed by atoms with Crippen molar-refractivity contribution in [2.75, 3.05) is 0 Å². The van der Waals surface area contributed by atoms with Gasteiger partial charge in [-0.1, -0.05) is 24.3 Å². The Kier molecular flexibility index (Phi) is 1.41. The fourth-order valence-electron chi connectivity index (χ4n) is 2.82. The van der Waals surface area contributed by atoms with Crippen molar-refractivity contribution < 1.29 is 0 Å². The summed E-state index contributed by atoms with van der Waals surface area (Å²) in [7, 11) is 0. The van der Waals surface area contributed by atoms with Crippen LogP contribution >= 0.6 is 0 Å². The van der Waals surface area contributed by atoms with E-state index < -0.39 is 0 Å². The normalized spacial score (nSPS) is 46.0. The highest BCUT2D eigenvalue weighted by Gasteiger charge is 2.43. The van der Waals surface area contributed by atoms with Gasteiger partial charge in [-0.2, -0.15) is 0 Å². The maximum atomic E-state index is 6.01. The Labute approximate surface area is 78.2 Å². The lowest BCUT2D eigenvalue weighted by molar-refractivity contribution is 0.490. The van der Waals surface area contributed by atoms with E-state index in [1.807, 2.05) is 6.08 Å². The third-order valence-corrected chi connectivity index (χ3v) is 3.41. The molecule has 0 radical (unpaired) electrons. The van der Waals surface area contributed by atoms with Crippen molar-refractivity contribution in [3.05, 3.63) is 36.1 Å². The molecule has 0 saturated carbocycles. The number of hydrogen-bond acceptors (Lipinski definition) is 2. The summed E-state index contributed by atoms with van der Waals surface area (Å²) in [4.78, 5) is 0. The minimum Gasteiger partial charge on any atom is -0.402 e. The van der Waals surface area contributed by atoms with Gasteiger partial charge in [0.1, 0.15) is 0 Å². The molecule has 0 aromatic heterocycles. The van der Waals surface area contributed by atoms with Gasteiger partial charge in [0.05, 0.1) is 0 Å². The van der Waals surface area contributed by atoms with Crippen molar-refractivity contribution in [2.45, 2.75) is 18.5 Å². The predicted molar refractivity (Wildman–Crippen MR) is 52.9 cm³/mol. The molecule has 2 nitrogen and oxygen atoms in total. The standard InChI is InChI=1S/C11H14N2/c12-8-4-2-6-10-11(8)7-3-1-5-9(7)13-10/h1-4,6-7,9-11,13H,5,12H2/t7?,9?,10-,11?/m0/s1. The summed E-state index contributed by atoms with van der Waals surface area (Å²) < 4.78 is 0. The molecule has 3 unspecified atom stereocenters. The number of nitrogens with one attached hydrogen (secondary N) is 1. The van der Waals surface area contributed by atoms with Crippen LogP contribution in [0.2, 0.25) is 0 Å². The van der Waals surface area contributed by atoms with Crippen molar-refractivity contribution in [1.82, 2.24) is 5.32 Å². The molecule has 2 heteroatoms. The molecular weight excluding hydrogens is 160 g/mol. The van der Waals surface area contributed by atoms with Crippen molar-refractivity contribution >= 4 is 0 Å². The summed E-state index contributed by atoms with van der Waals surface area (Å²) in [6.45, 7) is 0. The van der Waals surface area contributed by atoms with E-state index in [2.05, 4.69) is 29.6 Å². The highest BCUT2D eigenvalue weighted by molar-refractivity contribution is 5.31. The molecule has 3 aliphatic rings. The molecular formula is C11H14N2. The van der Waals surface area contributed by atoms with Gasteiger partial charge in [0.25, 0.3) is 0 Å². The second kappa shape index (κ2) is 2.48. The zero-order valence-corrected chi connectivity index (χ0v) is 7.48. The van der Waals surface area contributed by atoms with Crippen LogP contribution < -0.4 is 11.1 Å². The molecule has 0 amide bonds. The Balaban J connectivity index is 1.98. The van der Waals surface area contributed by atoms with E-state index in [9.17, 15) is 0 Å². The molecule has 4 atom stereocenters. The van der Waals surface area contributed by atoms with E-state index >= 15 is 0 Å². The lowest BCUT2D eigenvalue weighted by atomic mass is 9.84. The van der Waals surface area contributed by atoms with Gasteiger partial charge in [-0.25, -0.2) is 0 Å². The fourth-order valence-corrected chi connectivity index (χ4v) is 2.82. The van der Waals surface area contributed by atoms with E-state index in [4.69, 9.17) is 5.73 Å². The van der Waals surface area contributed by atoms with Crippen molar-refractivity contribution in [3.63, 3.8) is 0 Å². The summed E-state index contributed by atoms with van der Waals surface area (Å²) in [5, 5.41) is 3.62. The first-order chi connectivity index (χ1) is 6.36. The highest BCUT2D eigenvalue weighted by atomic mass is 15.0. The molecule has 13 heavy (non-hydrogen) atoms. The topological polar surface area (TPSA) is 38.0 Å². The van der Waals surface area contributed by atoms with Crippen LogP contribution in [-0.2, 0) is 0 Å². The van der Waals surface area contributed by atoms with E-state index in [0.717, 1.165) is 5.70 Å². The molecule has 68 valence electrons. The van der Waals surface area contributed by atoms with E-state index in [-0.39, 0.29) is 0 Å². The Hall–Kier alpha value is -1.02. The molecule has 1 fully saturated rings. The Morgan fingerprint density at radius 3 is 3.23 bits per heavy atom. The summed E-state index contributed by atoms with van der Waals surface area (Å²) >= 11 is 0. The molecule has 1 saturated heterocycles. The van der Waals surface area contributed by atoms with Crippen LogP contribution in [0.4, 0.5) is 0 Å². The SMILES string of the molecule is NC1=CC=C[C@@H]2NC3CC=CC3C12. The van der Waals surface area contributed by atoms with E-state index in [0.29, 0.717) is 23.9 Å². The highest BCUT2D eigenvalue weighted by Crippen LogP contribution is 2.39. The second-order valence-corrected chi connectivity index (χ2v) is 4.12. The second-order valence-electron chi connectivity index (χ2n) is 4.12. The van der Waals surface area contributed by atoms with Gasteiger partial charge < -0.3 is 11.1 Å². The molecule has 1 heterocycles. The molecule has 0 bridgehead atoms. The van der Waals surface area contributed by atoms with Crippen LogP contribution in [0.3, 0.4) is 0 Å². The predicted octanol–water partition coefficient (Wildman–Crippen LogP) is 0.931. The van der Waals surface area contributed by atoms with Crippen molar-refractivity contribution in [3.8, 4) is 0 Å². The van der Waals surface area contributed by atoms with Gasteiger partial charge in [0, 0.05) is 29.6 Å². The van der Waals surface area contributed by atoms with Crippen LogP contribution in [0.25, 0.3) is 0 Å². The van der Waals surface area contributed by atoms with Crippen LogP contribution in [0, 0.1) is 11.8 Å². The number of fused-ring (bicyclic) bond motifs is 3. The van der Waals surface area contributed by atoms with Gasteiger partial charge in [-0.05, 0) is 12.5 Å². The average Bonchev–Trinajstić information content (AvgIpc) is 2.62. The van der Waals surface area contributed by atoms with Crippen LogP contribution in [-0.4, -0.2) is 12.1 Å². The quantitative estimate of drug-likeness (QED) is 0.536. The smallest absolute Gasteiger partial charge is 0.0345 e. The maximum Gasteiger partial charge on any atom is 0.0345 e. The minimum atomic E-state index is 0.477. The first-order valence-corrected chi connectivity index (χ1v) is 4.93. The first kappa shape index (κ1) is 7.39. The van der Waals surface area contributed by atoms with Crippen LogP contribution in [0.1, 0.15) is 6.42 Å². The molecule has 3 rings (SSSR count). The van der Waals surface area contributed by atoms with Gasteiger partial charge >= 0.3 is 0 Å². The fraction of sp³-hybridized carbons (Fsp3) is 0.455. The van der Waals surface area contributed by atoms with E-state index in [1.54, 1.807) is 0 Å². The van der Waals surface area contributed by atoms with Crippen molar-refractivity contribution in [1.29, 1.82) is 0 Å². The maximum absolute atomic E-state index is 6.01. The summed E-state index contributed by atoms with van der Waals surface area (Å²) in [6.07, 6.45) is 12.1. The van der Waals surface area contributed by atoms with E-state index in [1.165, 1.54) is 6.42 Å². The Bertz CT molecular complexity index is 314. The Morgan fingerprint density at radius 2 is 2.31 bits per heavy atom. The monoisotopic (exact) mass is 174 g/mol. The number of rotatable bonds is 0. The van der Waals surface area contributed by atoms with Gasteiger partial charge in [-0.15, -0.1) is 0 Å². The van der Waals surface area contributed by atoms with Crippen LogP contribution in [0.15, 0.2) is 36.1 Å². The number of nitrogens with two attached hydrogens (primary N) is 1. The summed E-state index contributed by atoms with van der Waals surface area (Å²) in [5.74, 6) is 1.14. The molecule has 3 N–H and O–H groups in total. The van der Waals surface area contributed by atoms with Crippen LogP contribution in [0.5, 0.6) is 0 Å². The molecule has 1 aliphatic heterocycles. The van der Waals surface area contributed by atoms with Gasteiger partial charge in [0.2, 0.25) is 0 Å². The zero-order chi connectivity index (χ0) is 8.84. The number of hydrogen-bond donors (Lipinski definition) is 2. The third kappa shape index (κ3) is 0.923. The van der Waals surface area contributed by atoms with Gasteiger partial charge in [0.15, 0.2) is 0 Å². The largest absolute Gasteiger partial charge is 0.402 e. The molecule has 0 spiro atoms. The Morgan fingerprint density at radius 1 is 1.38 bits per heavy atom. The van der Waals surface area contributed by atoms with Crippen molar-refractivity contribution in [2.24, 2.45) is 17.6 Å².